The Kier molecular flexibility index (Phi) is 1.74. The molecule has 0 N–H and O–H groups in total. The van der Waals surface area contributed by atoms with Crippen LogP contribution in [0.2, 0.25) is 0 Å². The van der Waals surface area contributed by atoms with E-state index in [1.807, 2.05) is 0 Å². The Hall–Kier alpha value is -0.530. The van der Waals surface area contributed by atoms with Crippen LogP contribution in [0.4, 0.5) is 0 Å². The molecule has 0 aromatic carbocycles. The molecule has 1 rings (SSSR count). The predicted molar refractivity (Wildman–Crippen MR) is 33.5 cm³/mol. The first-order valence-electron chi connectivity index (χ1n) is 3.28. The highest BCUT2D eigenvalue weighted by atomic mass is 16.5. The Morgan fingerprint density at radius 1 is 1.67 bits per heavy atom. The van der Waals surface area contributed by atoms with Gasteiger partial charge in [0, 0.05) is 5.92 Å². The van der Waals surface area contributed by atoms with E-state index in [1.165, 1.54) is 6.47 Å². The van der Waals surface area contributed by atoms with Crippen molar-refractivity contribution in [1.29, 1.82) is 0 Å². The van der Waals surface area contributed by atoms with E-state index in [0.717, 1.165) is 6.42 Å². The van der Waals surface area contributed by atoms with Gasteiger partial charge >= 0.3 is 6.47 Å². The van der Waals surface area contributed by atoms with Gasteiger partial charge in [0.25, 0.3) is 0 Å². The topological polar surface area (TPSA) is 26.3 Å². The third-order valence-electron chi connectivity index (χ3n) is 1.83. The van der Waals surface area contributed by atoms with Crippen LogP contribution in [0.25, 0.3) is 0 Å². The van der Waals surface area contributed by atoms with Crippen molar-refractivity contribution in [3.05, 3.63) is 0 Å². The van der Waals surface area contributed by atoms with Crippen LogP contribution in [-0.2, 0) is 9.53 Å². The molecule has 2 unspecified atom stereocenters. The molecule has 1 fully saturated rings. The zero-order chi connectivity index (χ0) is 6.85. The molecular weight excluding hydrogens is 116 g/mol. The van der Waals surface area contributed by atoms with Crippen molar-refractivity contribution >= 4 is 6.47 Å². The van der Waals surface area contributed by atoms with Crippen LogP contribution in [-0.4, -0.2) is 12.6 Å². The minimum absolute atomic E-state index is 0.183. The lowest BCUT2D eigenvalue weighted by atomic mass is 10.1. The second kappa shape index (κ2) is 2.38. The van der Waals surface area contributed by atoms with Gasteiger partial charge in [0.1, 0.15) is 6.10 Å². The van der Waals surface area contributed by atoms with Gasteiger partial charge in [-0.3, -0.25) is 0 Å². The van der Waals surface area contributed by atoms with Gasteiger partial charge in [0.05, 0.1) is 0 Å². The SMILES string of the molecule is CC(C)C1CC1O[C]=O. The molecule has 0 amide bonds. The Morgan fingerprint density at radius 3 is 2.67 bits per heavy atom. The highest BCUT2D eigenvalue weighted by Crippen LogP contribution is 2.39. The van der Waals surface area contributed by atoms with Crippen molar-refractivity contribution in [3.63, 3.8) is 0 Å². The van der Waals surface area contributed by atoms with Crippen LogP contribution in [0.15, 0.2) is 0 Å². The standard InChI is InChI=1S/C7H11O2/c1-5(2)6-3-7(6)9-4-8/h5-7H,3H2,1-2H3. The maximum atomic E-state index is 9.68. The van der Waals surface area contributed by atoms with Gasteiger partial charge in [0.15, 0.2) is 0 Å². The average molecular weight is 127 g/mol. The van der Waals surface area contributed by atoms with Crippen LogP contribution >= 0.6 is 0 Å². The normalized spacial score (nSPS) is 32.3. The monoisotopic (exact) mass is 127 g/mol. The molecule has 0 bridgehead atoms. The second-order valence-electron chi connectivity index (χ2n) is 2.88. The molecule has 0 aromatic heterocycles. The third-order valence-corrected chi connectivity index (χ3v) is 1.83. The van der Waals surface area contributed by atoms with Gasteiger partial charge in [-0.25, -0.2) is 4.79 Å². The van der Waals surface area contributed by atoms with Crippen LogP contribution in [0.1, 0.15) is 20.3 Å². The fourth-order valence-corrected chi connectivity index (χ4v) is 1.09. The van der Waals surface area contributed by atoms with E-state index < -0.39 is 0 Å². The summed E-state index contributed by atoms with van der Waals surface area (Å²) in [5.41, 5.74) is 0. The average Bonchev–Trinajstić information content (AvgIpc) is 2.47. The maximum Gasteiger partial charge on any atom is 0.417 e. The zero-order valence-electron chi connectivity index (χ0n) is 5.76. The Balaban J connectivity index is 2.16. The van der Waals surface area contributed by atoms with E-state index in [0.29, 0.717) is 11.8 Å². The van der Waals surface area contributed by atoms with Crippen LogP contribution in [0.5, 0.6) is 0 Å². The van der Waals surface area contributed by atoms with E-state index in [4.69, 9.17) is 0 Å². The smallest absolute Gasteiger partial charge is 0.417 e. The number of ether oxygens (including phenoxy) is 1. The predicted octanol–water partition coefficient (Wildman–Crippen LogP) is 1.11. The van der Waals surface area contributed by atoms with Gasteiger partial charge in [-0.05, 0) is 12.3 Å². The molecule has 0 aromatic rings. The minimum Gasteiger partial charge on any atom is -0.454 e. The number of hydrogen-bond acceptors (Lipinski definition) is 2. The Bertz CT molecular complexity index is 109. The molecule has 9 heavy (non-hydrogen) atoms. The Labute approximate surface area is 55.2 Å². The van der Waals surface area contributed by atoms with Gasteiger partial charge < -0.3 is 4.74 Å². The molecule has 2 heteroatoms. The molecule has 2 atom stereocenters. The molecule has 0 saturated heterocycles. The summed E-state index contributed by atoms with van der Waals surface area (Å²) in [6, 6.07) is 0. The van der Waals surface area contributed by atoms with Gasteiger partial charge in [-0.1, -0.05) is 13.8 Å². The van der Waals surface area contributed by atoms with Crippen molar-refractivity contribution in [2.75, 3.05) is 0 Å². The number of hydrogen-bond donors (Lipinski definition) is 0. The van der Waals surface area contributed by atoms with E-state index in [1.54, 1.807) is 0 Å². The highest BCUT2D eigenvalue weighted by molar-refractivity contribution is 5.39. The van der Waals surface area contributed by atoms with E-state index in [9.17, 15) is 4.79 Å². The molecule has 1 saturated carbocycles. The molecule has 51 valence electrons. The lowest BCUT2D eigenvalue weighted by Crippen LogP contribution is -1.99. The summed E-state index contributed by atoms with van der Waals surface area (Å²) in [7, 11) is 0. The van der Waals surface area contributed by atoms with Crippen molar-refractivity contribution in [2.24, 2.45) is 11.8 Å². The molecule has 0 heterocycles. The van der Waals surface area contributed by atoms with E-state index >= 15 is 0 Å². The summed E-state index contributed by atoms with van der Waals surface area (Å²) in [4.78, 5) is 9.68. The van der Waals surface area contributed by atoms with Gasteiger partial charge in [0.2, 0.25) is 0 Å². The summed E-state index contributed by atoms with van der Waals surface area (Å²) in [6.07, 6.45) is 1.22. The van der Waals surface area contributed by atoms with Crippen LogP contribution in [0.3, 0.4) is 0 Å². The quantitative estimate of drug-likeness (QED) is 0.567. The van der Waals surface area contributed by atoms with Gasteiger partial charge in [-0.2, -0.15) is 0 Å². The lowest BCUT2D eigenvalue weighted by Gasteiger charge is -1.99. The summed E-state index contributed by atoms with van der Waals surface area (Å²) in [5, 5.41) is 0. The first kappa shape index (κ1) is 6.59. The molecule has 1 radical (unpaired) electrons. The Morgan fingerprint density at radius 2 is 2.33 bits per heavy atom. The molecule has 0 aliphatic heterocycles. The molecule has 1 aliphatic carbocycles. The van der Waals surface area contributed by atoms with Crippen LogP contribution < -0.4 is 0 Å². The van der Waals surface area contributed by atoms with Crippen LogP contribution in [0, 0.1) is 11.8 Å². The zero-order valence-corrected chi connectivity index (χ0v) is 5.76. The summed E-state index contributed by atoms with van der Waals surface area (Å²) in [6.45, 7) is 5.74. The molecular formula is C7H11O2. The first-order chi connectivity index (χ1) is 4.25. The van der Waals surface area contributed by atoms with E-state index in [2.05, 4.69) is 18.6 Å². The highest BCUT2D eigenvalue weighted by Gasteiger charge is 2.41. The third kappa shape index (κ3) is 1.44. The fourth-order valence-electron chi connectivity index (χ4n) is 1.09. The summed E-state index contributed by atoms with van der Waals surface area (Å²) in [5.74, 6) is 1.25. The van der Waals surface area contributed by atoms with Crippen molar-refractivity contribution in [2.45, 2.75) is 26.4 Å². The summed E-state index contributed by atoms with van der Waals surface area (Å²) < 4.78 is 4.62. The molecule has 1 aliphatic rings. The maximum absolute atomic E-state index is 9.68. The van der Waals surface area contributed by atoms with Gasteiger partial charge in [-0.15, -0.1) is 0 Å². The molecule has 0 spiro atoms. The summed E-state index contributed by atoms with van der Waals surface area (Å²) >= 11 is 0. The first-order valence-corrected chi connectivity index (χ1v) is 3.28. The second-order valence-corrected chi connectivity index (χ2v) is 2.88. The van der Waals surface area contributed by atoms with Crippen molar-refractivity contribution in [1.82, 2.24) is 0 Å². The fraction of sp³-hybridized carbons (Fsp3) is 0.857. The minimum atomic E-state index is 0.183. The lowest BCUT2D eigenvalue weighted by molar-refractivity contribution is 0.238. The number of carbonyl (C=O) groups excluding carboxylic acids is 1. The largest absolute Gasteiger partial charge is 0.454 e. The van der Waals surface area contributed by atoms with Crippen molar-refractivity contribution in [3.8, 4) is 0 Å². The van der Waals surface area contributed by atoms with E-state index in [-0.39, 0.29) is 6.10 Å². The molecule has 2 nitrogen and oxygen atoms in total. The van der Waals surface area contributed by atoms with Crippen molar-refractivity contribution < 1.29 is 9.53 Å². The number of rotatable bonds is 3.